The molecule has 0 aromatic heterocycles. The molecule has 1 aliphatic rings. The van der Waals surface area contributed by atoms with E-state index in [0.29, 0.717) is 10.7 Å². The molecule has 0 heterocycles. The van der Waals surface area contributed by atoms with Crippen LogP contribution in [0.25, 0.3) is 6.08 Å². The van der Waals surface area contributed by atoms with Gasteiger partial charge < -0.3 is 5.32 Å². The topological polar surface area (TPSA) is 75.3 Å². The molecule has 0 bridgehead atoms. The Bertz CT molecular complexity index is 1250. The molecule has 0 fully saturated rings. The van der Waals surface area contributed by atoms with Gasteiger partial charge >= 0.3 is 0 Å². The Morgan fingerprint density at radius 3 is 2.47 bits per heavy atom. The minimum absolute atomic E-state index is 0.0144. The average Bonchev–Trinajstić information content (AvgIpc) is 2.80. The molecule has 1 aliphatic carbocycles. The van der Waals surface area contributed by atoms with Crippen molar-refractivity contribution in [3.8, 4) is 0 Å². The quantitative estimate of drug-likeness (QED) is 0.481. The molecule has 32 heavy (non-hydrogen) atoms. The van der Waals surface area contributed by atoms with E-state index in [4.69, 9.17) is 11.6 Å². The van der Waals surface area contributed by atoms with E-state index in [9.17, 15) is 13.2 Å². The van der Waals surface area contributed by atoms with Gasteiger partial charge in [-0.15, -0.1) is 0 Å². The molecule has 2 N–H and O–H groups in total. The normalized spacial score (nSPS) is 15.8. The van der Waals surface area contributed by atoms with E-state index >= 15 is 0 Å². The number of rotatable bonds is 6. The SMILES string of the molecule is O=C(C=Cc1ccc(S(=O)(=O)Nc2ccccc2Cl)cc1)NC1CCCc2ccccc21. The summed E-state index contributed by atoms with van der Waals surface area (Å²) < 4.78 is 27.7. The second-order valence-electron chi connectivity index (χ2n) is 7.64. The number of halogens is 1. The molecule has 1 atom stereocenters. The molecule has 7 heteroatoms. The lowest BCUT2D eigenvalue weighted by Gasteiger charge is -2.25. The number of aryl methyl sites for hydroxylation is 1. The number of carbonyl (C=O) groups excluding carboxylic acids is 1. The zero-order valence-electron chi connectivity index (χ0n) is 17.3. The summed E-state index contributed by atoms with van der Waals surface area (Å²) in [4.78, 5) is 12.5. The lowest BCUT2D eigenvalue weighted by atomic mass is 9.88. The van der Waals surface area contributed by atoms with E-state index in [2.05, 4.69) is 22.2 Å². The Morgan fingerprint density at radius 1 is 0.969 bits per heavy atom. The largest absolute Gasteiger partial charge is 0.346 e. The Hall–Kier alpha value is -3.09. The van der Waals surface area contributed by atoms with Gasteiger partial charge in [0.05, 0.1) is 21.6 Å². The van der Waals surface area contributed by atoms with Crippen molar-refractivity contribution in [1.29, 1.82) is 0 Å². The predicted molar refractivity (Wildman–Crippen MR) is 128 cm³/mol. The predicted octanol–water partition coefficient (Wildman–Crippen LogP) is 5.35. The second-order valence-corrected chi connectivity index (χ2v) is 9.73. The number of sulfonamides is 1. The first kappa shape index (κ1) is 22.1. The first-order chi connectivity index (χ1) is 15.4. The molecule has 0 saturated heterocycles. The van der Waals surface area contributed by atoms with Crippen LogP contribution in [-0.2, 0) is 21.2 Å². The third-order valence-corrected chi connectivity index (χ3v) is 7.13. The van der Waals surface area contributed by atoms with Crippen molar-refractivity contribution >= 4 is 39.3 Å². The van der Waals surface area contributed by atoms with Gasteiger partial charge in [0.15, 0.2) is 0 Å². The zero-order chi connectivity index (χ0) is 22.6. The van der Waals surface area contributed by atoms with Gasteiger partial charge in [-0.25, -0.2) is 8.42 Å². The van der Waals surface area contributed by atoms with Crippen LogP contribution in [0.5, 0.6) is 0 Å². The van der Waals surface area contributed by atoms with Crippen LogP contribution in [0.15, 0.2) is 83.8 Å². The lowest BCUT2D eigenvalue weighted by Crippen LogP contribution is -2.29. The maximum absolute atomic E-state index is 12.6. The molecular weight excluding hydrogens is 444 g/mol. The van der Waals surface area contributed by atoms with E-state index in [1.165, 1.54) is 29.3 Å². The van der Waals surface area contributed by atoms with Gasteiger partial charge in [-0.05, 0) is 66.3 Å². The fourth-order valence-corrected chi connectivity index (χ4v) is 5.12. The van der Waals surface area contributed by atoms with Gasteiger partial charge in [0.1, 0.15) is 0 Å². The van der Waals surface area contributed by atoms with Crippen molar-refractivity contribution in [2.75, 3.05) is 4.72 Å². The number of fused-ring (bicyclic) bond motifs is 1. The summed E-state index contributed by atoms with van der Waals surface area (Å²) in [5, 5.41) is 3.39. The maximum Gasteiger partial charge on any atom is 0.261 e. The first-order valence-corrected chi connectivity index (χ1v) is 12.2. The van der Waals surface area contributed by atoms with Gasteiger partial charge in [0.25, 0.3) is 10.0 Å². The summed E-state index contributed by atoms with van der Waals surface area (Å²) in [5.41, 5.74) is 3.51. The Labute approximate surface area is 193 Å². The molecule has 3 aromatic carbocycles. The molecule has 0 radical (unpaired) electrons. The molecule has 164 valence electrons. The van der Waals surface area contributed by atoms with Crippen molar-refractivity contribution in [1.82, 2.24) is 5.32 Å². The number of para-hydroxylation sites is 1. The summed E-state index contributed by atoms with van der Waals surface area (Å²) in [6.07, 6.45) is 6.15. The van der Waals surface area contributed by atoms with Crippen LogP contribution in [0.4, 0.5) is 5.69 Å². The van der Waals surface area contributed by atoms with Crippen LogP contribution in [0.3, 0.4) is 0 Å². The molecule has 1 unspecified atom stereocenters. The molecule has 0 saturated carbocycles. The highest BCUT2D eigenvalue weighted by molar-refractivity contribution is 7.92. The molecule has 0 aliphatic heterocycles. The minimum Gasteiger partial charge on any atom is -0.346 e. The Morgan fingerprint density at radius 2 is 1.69 bits per heavy atom. The van der Waals surface area contributed by atoms with E-state index in [-0.39, 0.29) is 16.8 Å². The average molecular weight is 467 g/mol. The third-order valence-electron chi connectivity index (χ3n) is 5.42. The highest BCUT2D eigenvalue weighted by Gasteiger charge is 2.20. The summed E-state index contributed by atoms with van der Waals surface area (Å²) >= 11 is 6.04. The highest BCUT2D eigenvalue weighted by atomic mass is 35.5. The molecule has 4 rings (SSSR count). The standard InChI is InChI=1S/C25H23ClN2O3S/c26-22-9-3-4-10-24(22)28-32(30,31)20-15-12-18(13-16-20)14-17-25(29)27-23-11-5-7-19-6-1-2-8-21(19)23/h1-4,6,8-10,12-17,23,28H,5,7,11H2,(H,27,29). The number of hydrogen-bond acceptors (Lipinski definition) is 3. The molecular formula is C25H23ClN2O3S. The van der Waals surface area contributed by atoms with E-state index in [0.717, 1.165) is 24.8 Å². The smallest absolute Gasteiger partial charge is 0.261 e. The monoisotopic (exact) mass is 466 g/mol. The van der Waals surface area contributed by atoms with Crippen molar-refractivity contribution in [3.05, 3.63) is 101 Å². The van der Waals surface area contributed by atoms with Crippen LogP contribution < -0.4 is 10.0 Å². The fraction of sp³-hybridized carbons (Fsp3) is 0.160. The number of amides is 1. The van der Waals surface area contributed by atoms with Gasteiger partial charge in [0.2, 0.25) is 5.91 Å². The van der Waals surface area contributed by atoms with Gasteiger partial charge in [-0.3, -0.25) is 9.52 Å². The number of benzene rings is 3. The highest BCUT2D eigenvalue weighted by Crippen LogP contribution is 2.29. The molecule has 3 aromatic rings. The number of carbonyl (C=O) groups is 1. The fourth-order valence-electron chi connectivity index (χ4n) is 3.80. The van der Waals surface area contributed by atoms with Gasteiger partial charge in [-0.2, -0.15) is 0 Å². The van der Waals surface area contributed by atoms with Crippen LogP contribution in [0.1, 0.15) is 35.6 Å². The number of nitrogens with one attached hydrogen (secondary N) is 2. The third kappa shape index (κ3) is 5.21. The molecule has 1 amide bonds. The van der Waals surface area contributed by atoms with E-state index < -0.39 is 10.0 Å². The summed E-state index contributed by atoms with van der Waals surface area (Å²) in [6, 6.07) is 21.2. The minimum atomic E-state index is -3.77. The first-order valence-electron chi connectivity index (χ1n) is 10.4. The van der Waals surface area contributed by atoms with Crippen LogP contribution >= 0.6 is 11.6 Å². The summed E-state index contributed by atoms with van der Waals surface area (Å²) in [7, 11) is -3.77. The number of hydrogen-bond donors (Lipinski definition) is 2. The maximum atomic E-state index is 12.6. The summed E-state index contributed by atoms with van der Waals surface area (Å²) in [6.45, 7) is 0. The Kier molecular flexibility index (Phi) is 6.63. The van der Waals surface area contributed by atoms with Crippen molar-refractivity contribution in [2.24, 2.45) is 0 Å². The zero-order valence-corrected chi connectivity index (χ0v) is 18.9. The molecule has 0 spiro atoms. The number of anilines is 1. The van der Waals surface area contributed by atoms with Crippen LogP contribution in [0.2, 0.25) is 5.02 Å². The van der Waals surface area contributed by atoms with Crippen molar-refractivity contribution in [3.63, 3.8) is 0 Å². The van der Waals surface area contributed by atoms with E-state index in [1.807, 2.05) is 12.1 Å². The Balaban J connectivity index is 1.40. The molecule has 5 nitrogen and oxygen atoms in total. The second kappa shape index (κ2) is 9.59. The lowest BCUT2D eigenvalue weighted by molar-refractivity contribution is -0.117. The van der Waals surface area contributed by atoms with Gasteiger partial charge in [-0.1, -0.05) is 60.1 Å². The van der Waals surface area contributed by atoms with Gasteiger partial charge in [0, 0.05) is 6.08 Å². The van der Waals surface area contributed by atoms with Crippen LogP contribution in [0, 0.1) is 0 Å². The summed E-state index contributed by atoms with van der Waals surface area (Å²) in [5.74, 6) is -0.177. The van der Waals surface area contributed by atoms with Crippen molar-refractivity contribution < 1.29 is 13.2 Å². The van der Waals surface area contributed by atoms with Crippen LogP contribution in [-0.4, -0.2) is 14.3 Å². The van der Waals surface area contributed by atoms with Crippen molar-refractivity contribution in [2.45, 2.75) is 30.2 Å². The van der Waals surface area contributed by atoms with E-state index in [1.54, 1.807) is 42.5 Å².